The van der Waals surface area contributed by atoms with Gasteiger partial charge in [0.25, 0.3) is 0 Å². The number of hydrogen-bond acceptors (Lipinski definition) is 5. The fourth-order valence-electron chi connectivity index (χ4n) is 2.34. The molecule has 5 heteroatoms. The number of esters is 2. The molecule has 0 aliphatic carbocycles. The minimum Gasteiger partial charge on any atom is -0.455 e. The van der Waals surface area contributed by atoms with Gasteiger partial charge in [-0.2, -0.15) is 0 Å². The lowest BCUT2D eigenvalue weighted by Gasteiger charge is -2.24. The van der Waals surface area contributed by atoms with Crippen molar-refractivity contribution in [3.63, 3.8) is 0 Å². The first-order chi connectivity index (χ1) is 14.2. The Morgan fingerprint density at radius 2 is 1.03 bits per heavy atom. The predicted molar refractivity (Wildman–Crippen MR) is 129 cm³/mol. The maximum atomic E-state index is 10.8. The Morgan fingerprint density at radius 1 is 0.774 bits per heavy atom. The summed E-state index contributed by atoms with van der Waals surface area (Å²) in [4.78, 5) is 30.2. The molecule has 0 heterocycles. The first-order valence-corrected chi connectivity index (χ1v) is 10.3. The van der Waals surface area contributed by atoms with E-state index >= 15 is 0 Å². The fourth-order valence-corrected chi connectivity index (χ4v) is 2.34. The van der Waals surface area contributed by atoms with Gasteiger partial charge in [-0.25, -0.2) is 4.79 Å². The smallest absolute Gasteiger partial charge is 0.303 e. The zero-order chi connectivity index (χ0) is 25.1. The molecule has 0 rings (SSSR count). The van der Waals surface area contributed by atoms with Crippen LogP contribution in [0.2, 0.25) is 0 Å². The van der Waals surface area contributed by atoms with E-state index in [0.717, 1.165) is 25.7 Å². The zero-order valence-electron chi connectivity index (χ0n) is 20.8. The van der Waals surface area contributed by atoms with E-state index in [1.165, 1.54) is 30.9 Å². The van der Waals surface area contributed by atoms with Crippen molar-refractivity contribution in [1.82, 2.24) is 0 Å². The average Bonchev–Trinajstić information content (AvgIpc) is 2.61. The van der Waals surface area contributed by atoms with Crippen molar-refractivity contribution in [3.05, 3.63) is 55.2 Å². The van der Waals surface area contributed by atoms with Crippen LogP contribution in [0.1, 0.15) is 81.1 Å². The molecule has 0 spiro atoms. The molecule has 0 aromatic heterocycles. The van der Waals surface area contributed by atoms with Crippen LogP contribution in [0.4, 0.5) is 0 Å². The van der Waals surface area contributed by atoms with Gasteiger partial charge >= 0.3 is 11.9 Å². The molecule has 0 N–H and O–H groups in total. The minimum atomic E-state index is -0.530. The van der Waals surface area contributed by atoms with Gasteiger partial charge in [0.15, 0.2) is 0 Å². The van der Waals surface area contributed by atoms with Gasteiger partial charge in [-0.1, -0.05) is 36.5 Å². The molecule has 176 valence electrons. The maximum absolute atomic E-state index is 10.8. The van der Waals surface area contributed by atoms with Crippen LogP contribution in [-0.4, -0.2) is 29.1 Å². The number of rotatable bonds is 10. The minimum absolute atomic E-state index is 0.260. The number of allylic oxidation sites excluding steroid dienone is 4. The second-order valence-corrected chi connectivity index (χ2v) is 8.01. The predicted octanol–water partition coefficient (Wildman–Crippen LogP) is 6.49. The Labute approximate surface area is 189 Å². The van der Waals surface area contributed by atoms with Crippen LogP contribution in [0.25, 0.3) is 0 Å². The summed E-state index contributed by atoms with van der Waals surface area (Å²) in [5, 5.41) is 0. The number of carbonyl (C=O) groups excluding carboxylic acids is 3. The third-order valence-corrected chi connectivity index (χ3v) is 4.00. The Bertz CT molecular complexity index is 605. The van der Waals surface area contributed by atoms with Crippen LogP contribution in [0, 0.1) is 0 Å². The van der Waals surface area contributed by atoms with Crippen LogP contribution in [-0.2, 0) is 23.9 Å². The van der Waals surface area contributed by atoms with Gasteiger partial charge < -0.3 is 9.47 Å². The molecule has 0 fully saturated rings. The lowest BCUT2D eigenvalue weighted by molar-refractivity contribution is -0.152. The van der Waals surface area contributed by atoms with Crippen molar-refractivity contribution >= 4 is 17.9 Å². The van der Waals surface area contributed by atoms with E-state index in [4.69, 9.17) is 14.3 Å². The molecule has 0 saturated carbocycles. The van der Waals surface area contributed by atoms with Crippen LogP contribution in [0.3, 0.4) is 0 Å². The summed E-state index contributed by atoms with van der Waals surface area (Å²) in [7, 11) is 0. The molecule has 0 radical (unpaired) electrons. The highest BCUT2D eigenvalue weighted by Crippen LogP contribution is 2.20. The molecule has 0 aromatic carbocycles. The highest BCUT2D eigenvalue weighted by molar-refractivity contribution is 5.67. The molecule has 0 aliphatic heterocycles. The molecular formula is C26H42O5. The van der Waals surface area contributed by atoms with Crippen LogP contribution < -0.4 is 0 Å². The van der Waals surface area contributed by atoms with Gasteiger partial charge in [0.05, 0.1) is 0 Å². The Kier molecular flexibility index (Phi) is 19.3. The summed E-state index contributed by atoms with van der Waals surface area (Å²) in [6, 6.07) is 0. The van der Waals surface area contributed by atoms with Crippen molar-refractivity contribution in [2.45, 2.75) is 92.3 Å². The summed E-state index contributed by atoms with van der Waals surface area (Å²) in [6.07, 6.45) is 11.0. The normalized spacial score (nSPS) is 12.9. The lowest BCUT2D eigenvalue weighted by atomic mass is 9.99. The van der Waals surface area contributed by atoms with E-state index < -0.39 is 11.2 Å². The zero-order valence-corrected chi connectivity index (χ0v) is 20.8. The SMILES string of the molecule is C=C=O.C=CC(C)(CCC=C(C)C)OC(C)=O.C=CC(C)(CCC=C(C)C)OC(C)=O. The summed E-state index contributed by atoms with van der Waals surface area (Å²) in [6.45, 7) is 24.9. The molecule has 0 saturated heterocycles. The Balaban J connectivity index is -0.000000448. The van der Waals surface area contributed by atoms with Gasteiger partial charge in [-0.05, 0) is 86.0 Å². The van der Waals surface area contributed by atoms with Crippen molar-refractivity contribution in [3.8, 4) is 0 Å². The van der Waals surface area contributed by atoms with Gasteiger partial charge in [-0.15, -0.1) is 0 Å². The Morgan fingerprint density at radius 3 is 1.19 bits per heavy atom. The standard InChI is InChI=1S/2C12H20O2.C2H2O/c2*1-6-12(5,14-11(4)13)9-7-8-10(2)3;1-2-3/h2*6,8H,1,7,9H2,2-5H3;1H2. The highest BCUT2D eigenvalue weighted by atomic mass is 16.6. The largest absolute Gasteiger partial charge is 0.455 e. The summed E-state index contributed by atoms with van der Waals surface area (Å²) < 4.78 is 10.4. The fraction of sp³-hybridized carbons (Fsp3) is 0.538. The summed E-state index contributed by atoms with van der Waals surface area (Å²) in [5.74, 6) is 0.731. The Hall–Kier alpha value is -2.65. The van der Waals surface area contributed by atoms with Crippen molar-refractivity contribution < 1.29 is 23.9 Å². The monoisotopic (exact) mass is 434 g/mol. The van der Waals surface area contributed by atoms with E-state index in [0.29, 0.717) is 0 Å². The average molecular weight is 435 g/mol. The van der Waals surface area contributed by atoms with E-state index in [1.54, 1.807) is 12.2 Å². The second-order valence-electron chi connectivity index (χ2n) is 8.01. The molecular weight excluding hydrogens is 392 g/mol. The van der Waals surface area contributed by atoms with Crippen LogP contribution in [0.15, 0.2) is 55.2 Å². The van der Waals surface area contributed by atoms with Crippen LogP contribution >= 0.6 is 0 Å². The summed E-state index contributed by atoms with van der Waals surface area (Å²) >= 11 is 0. The quantitative estimate of drug-likeness (QED) is 0.223. The molecule has 0 bridgehead atoms. The van der Waals surface area contributed by atoms with E-state index in [2.05, 4.69) is 59.6 Å². The molecule has 0 aliphatic rings. The molecule has 0 aromatic rings. The van der Waals surface area contributed by atoms with Gasteiger partial charge in [0.1, 0.15) is 17.1 Å². The third-order valence-electron chi connectivity index (χ3n) is 4.00. The molecule has 2 unspecified atom stereocenters. The highest BCUT2D eigenvalue weighted by Gasteiger charge is 2.23. The number of hydrogen-bond donors (Lipinski definition) is 0. The molecule has 5 nitrogen and oxygen atoms in total. The number of ether oxygens (including phenoxy) is 2. The van der Waals surface area contributed by atoms with E-state index in [9.17, 15) is 9.59 Å². The van der Waals surface area contributed by atoms with Crippen molar-refractivity contribution in [2.75, 3.05) is 0 Å². The van der Waals surface area contributed by atoms with Gasteiger partial charge in [-0.3, -0.25) is 9.59 Å². The van der Waals surface area contributed by atoms with Crippen LogP contribution in [0.5, 0.6) is 0 Å². The maximum Gasteiger partial charge on any atom is 0.303 e. The summed E-state index contributed by atoms with van der Waals surface area (Å²) in [5.41, 5.74) is 1.49. The van der Waals surface area contributed by atoms with Gasteiger partial charge in [0.2, 0.25) is 0 Å². The number of carbonyl (C=O) groups is 2. The van der Waals surface area contributed by atoms with E-state index in [-0.39, 0.29) is 11.9 Å². The molecule has 2 atom stereocenters. The van der Waals surface area contributed by atoms with Crippen molar-refractivity contribution in [2.24, 2.45) is 0 Å². The first kappa shape index (κ1) is 33.0. The topological polar surface area (TPSA) is 69.7 Å². The molecule has 0 amide bonds. The molecule has 31 heavy (non-hydrogen) atoms. The third kappa shape index (κ3) is 23.5. The van der Waals surface area contributed by atoms with Gasteiger partial charge in [0, 0.05) is 13.8 Å². The lowest BCUT2D eigenvalue weighted by Crippen LogP contribution is -2.27. The second kappa shape index (κ2) is 18.1. The first-order valence-electron chi connectivity index (χ1n) is 10.3. The van der Waals surface area contributed by atoms with Crippen molar-refractivity contribution in [1.29, 1.82) is 0 Å². The van der Waals surface area contributed by atoms with E-state index in [1.807, 2.05) is 13.8 Å².